The number of anilines is 1. The van der Waals surface area contributed by atoms with Crippen LogP contribution in [0.3, 0.4) is 0 Å². The number of pyridine rings is 2. The number of amides is 1. The first-order chi connectivity index (χ1) is 12.8. The molecule has 1 unspecified atom stereocenters. The van der Waals surface area contributed by atoms with Gasteiger partial charge in [-0.15, -0.1) is 0 Å². The SMILES string of the molecule is CC(C(=O)Nc1ccc(Cl)cn1)N1CCC(F)(F)[C@@H](c2ccc(=O)[nH]c2)C1. The second kappa shape index (κ2) is 7.74. The van der Waals surface area contributed by atoms with Crippen LogP contribution in [0.5, 0.6) is 0 Å². The summed E-state index contributed by atoms with van der Waals surface area (Å²) in [6.45, 7) is 1.76. The Bertz CT molecular complexity index is 852. The van der Waals surface area contributed by atoms with E-state index in [1.165, 1.54) is 24.5 Å². The Hall–Kier alpha value is -2.32. The highest BCUT2D eigenvalue weighted by Gasteiger charge is 2.46. The van der Waals surface area contributed by atoms with Crippen molar-refractivity contribution in [3.63, 3.8) is 0 Å². The van der Waals surface area contributed by atoms with E-state index in [9.17, 15) is 18.4 Å². The third kappa shape index (κ3) is 4.51. The van der Waals surface area contributed by atoms with Gasteiger partial charge in [-0.1, -0.05) is 17.7 Å². The molecule has 0 aliphatic carbocycles. The van der Waals surface area contributed by atoms with Gasteiger partial charge in [0.1, 0.15) is 5.82 Å². The van der Waals surface area contributed by atoms with Crippen molar-refractivity contribution in [2.75, 3.05) is 18.4 Å². The maximum atomic E-state index is 14.4. The van der Waals surface area contributed by atoms with E-state index in [4.69, 9.17) is 11.6 Å². The zero-order chi connectivity index (χ0) is 19.6. The third-order valence-corrected chi connectivity index (χ3v) is 5.00. The minimum atomic E-state index is -2.91. The number of nitrogens with zero attached hydrogens (tertiary/aromatic N) is 2. The molecule has 0 radical (unpaired) electrons. The molecule has 0 spiro atoms. The lowest BCUT2D eigenvalue weighted by atomic mass is 9.87. The Labute approximate surface area is 159 Å². The van der Waals surface area contributed by atoms with E-state index in [0.717, 1.165) is 0 Å². The zero-order valence-corrected chi connectivity index (χ0v) is 15.3. The number of hydrogen-bond acceptors (Lipinski definition) is 4. The molecule has 0 saturated carbocycles. The van der Waals surface area contributed by atoms with Crippen molar-refractivity contribution in [2.24, 2.45) is 0 Å². The number of carbonyl (C=O) groups is 1. The number of aromatic amines is 1. The predicted molar refractivity (Wildman–Crippen MR) is 98.3 cm³/mol. The maximum absolute atomic E-state index is 14.4. The fraction of sp³-hybridized carbons (Fsp3) is 0.389. The number of hydrogen-bond donors (Lipinski definition) is 2. The second-order valence-electron chi connectivity index (χ2n) is 6.57. The Morgan fingerprint density at radius 2 is 2.19 bits per heavy atom. The summed E-state index contributed by atoms with van der Waals surface area (Å²) >= 11 is 5.77. The topological polar surface area (TPSA) is 78.1 Å². The molecule has 2 aromatic heterocycles. The normalized spacial score (nSPS) is 20.8. The fourth-order valence-electron chi connectivity index (χ4n) is 3.11. The van der Waals surface area contributed by atoms with Crippen molar-refractivity contribution in [1.82, 2.24) is 14.9 Å². The van der Waals surface area contributed by atoms with Gasteiger partial charge in [0.2, 0.25) is 11.5 Å². The van der Waals surface area contributed by atoms with Crippen LogP contribution in [-0.2, 0) is 4.79 Å². The van der Waals surface area contributed by atoms with Gasteiger partial charge in [-0.25, -0.2) is 13.8 Å². The number of alkyl halides is 2. The molecule has 1 saturated heterocycles. The highest BCUT2D eigenvalue weighted by Crippen LogP contribution is 2.40. The summed E-state index contributed by atoms with van der Waals surface area (Å²) in [5.41, 5.74) is -0.00535. The minimum absolute atomic E-state index is 0.00166. The number of carbonyl (C=O) groups excluding carboxylic acids is 1. The van der Waals surface area contributed by atoms with Crippen molar-refractivity contribution < 1.29 is 13.6 Å². The smallest absolute Gasteiger partial charge is 0.257 e. The van der Waals surface area contributed by atoms with E-state index in [2.05, 4.69) is 15.3 Å². The summed E-state index contributed by atoms with van der Waals surface area (Å²) in [6.07, 6.45) is 2.36. The van der Waals surface area contributed by atoms with Gasteiger partial charge in [-0.05, 0) is 24.6 Å². The molecule has 1 amide bonds. The summed E-state index contributed by atoms with van der Waals surface area (Å²) in [5, 5.41) is 3.11. The summed E-state index contributed by atoms with van der Waals surface area (Å²) in [6, 6.07) is 5.18. The first kappa shape index (κ1) is 19.4. The lowest BCUT2D eigenvalue weighted by Crippen LogP contribution is -2.52. The van der Waals surface area contributed by atoms with Crippen LogP contribution in [0.25, 0.3) is 0 Å². The van der Waals surface area contributed by atoms with Gasteiger partial charge in [0.25, 0.3) is 5.92 Å². The second-order valence-corrected chi connectivity index (χ2v) is 7.01. The molecule has 2 N–H and O–H groups in total. The molecular formula is C18H19ClF2N4O2. The molecule has 1 fully saturated rings. The molecule has 27 heavy (non-hydrogen) atoms. The molecule has 9 heteroatoms. The van der Waals surface area contributed by atoms with Crippen LogP contribution < -0.4 is 10.9 Å². The van der Waals surface area contributed by atoms with Crippen LogP contribution in [0.2, 0.25) is 5.02 Å². The van der Waals surface area contributed by atoms with E-state index in [1.807, 2.05) is 0 Å². The van der Waals surface area contributed by atoms with Crippen LogP contribution in [0.1, 0.15) is 24.8 Å². The molecule has 3 rings (SSSR count). The first-order valence-corrected chi connectivity index (χ1v) is 8.87. The number of nitrogens with one attached hydrogen (secondary N) is 2. The minimum Gasteiger partial charge on any atom is -0.329 e. The van der Waals surface area contributed by atoms with Crippen molar-refractivity contribution >= 4 is 23.3 Å². The van der Waals surface area contributed by atoms with Gasteiger partial charge < -0.3 is 10.3 Å². The van der Waals surface area contributed by atoms with Gasteiger partial charge in [0.05, 0.1) is 17.0 Å². The Kier molecular flexibility index (Phi) is 5.57. The van der Waals surface area contributed by atoms with Gasteiger partial charge in [-0.2, -0.15) is 0 Å². The van der Waals surface area contributed by atoms with E-state index in [1.54, 1.807) is 24.0 Å². The van der Waals surface area contributed by atoms with Crippen LogP contribution in [0.15, 0.2) is 41.5 Å². The van der Waals surface area contributed by atoms with E-state index in [-0.39, 0.29) is 31.0 Å². The Morgan fingerprint density at radius 3 is 2.81 bits per heavy atom. The maximum Gasteiger partial charge on any atom is 0.257 e. The summed E-state index contributed by atoms with van der Waals surface area (Å²) < 4.78 is 28.9. The molecule has 3 heterocycles. The predicted octanol–water partition coefficient (Wildman–Crippen LogP) is 2.88. The highest BCUT2D eigenvalue weighted by molar-refractivity contribution is 6.30. The first-order valence-electron chi connectivity index (χ1n) is 8.49. The summed E-state index contributed by atoms with van der Waals surface area (Å²) in [7, 11) is 0. The van der Waals surface area contributed by atoms with Crippen LogP contribution in [0.4, 0.5) is 14.6 Å². The average molecular weight is 397 g/mol. The van der Waals surface area contributed by atoms with E-state index < -0.39 is 17.9 Å². The number of H-pyrrole nitrogens is 1. The lowest BCUT2D eigenvalue weighted by molar-refractivity contribution is -0.125. The number of likely N-dealkylation sites (tertiary alicyclic amines) is 1. The molecule has 2 atom stereocenters. The molecule has 0 bridgehead atoms. The quantitative estimate of drug-likeness (QED) is 0.833. The van der Waals surface area contributed by atoms with Crippen LogP contribution >= 0.6 is 11.6 Å². The van der Waals surface area contributed by atoms with Gasteiger partial charge in [0.15, 0.2) is 0 Å². The Balaban J connectivity index is 1.72. The monoisotopic (exact) mass is 396 g/mol. The number of rotatable bonds is 4. The standard InChI is InChI=1S/C18H19ClF2N4O2/c1-11(17(27)24-15-4-3-13(19)9-22-15)25-7-6-18(20,21)14(10-25)12-2-5-16(26)23-8-12/h2-5,8-9,11,14H,6-7,10H2,1H3,(H,23,26)(H,22,24,27)/t11?,14-/m1/s1. The molecule has 1 aliphatic rings. The number of piperidine rings is 1. The van der Waals surface area contributed by atoms with Crippen molar-refractivity contribution in [3.8, 4) is 0 Å². The number of halogens is 3. The van der Waals surface area contributed by atoms with Crippen LogP contribution in [0, 0.1) is 0 Å². The average Bonchev–Trinajstić information content (AvgIpc) is 2.64. The molecule has 144 valence electrons. The molecule has 0 aromatic carbocycles. The largest absolute Gasteiger partial charge is 0.329 e. The summed E-state index contributed by atoms with van der Waals surface area (Å²) in [5.74, 6) is -4.01. The van der Waals surface area contributed by atoms with Crippen molar-refractivity contribution in [2.45, 2.75) is 31.2 Å². The molecule has 6 nitrogen and oxygen atoms in total. The van der Waals surface area contributed by atoms with Crippen molar-refractivity contribution in [1.29, 1.82) is 0 Å². The molecular weight excluding hydrogens is 378 g/mol. The van der Waals surface area contributed by atoms with Crippen LogP contribution in [-0.4, -0.2) is 45.8 Å². The van der Waals surface area contributed by atoms with Gasteiger partial charge >= 0.3 is 0 Å². The molecule has 2 aromatic rings. The Morgan fingerprint density at radius 1 is 1.41 bits per heavy atom. The molecule has 1 aliphatic heterocycles. The third-order valence-electron chi connectivity index (χ3n) is 4.78. The van der Waals surface area contributed by atoms with E-state index in [0.29, 0.717) is 16.4 Å². The lowest BCUT2D eigenvalue weighted by Gasteiger charge is -2.40. The zero-order valence-electron chi connectivity index (χ0n) is 14.6. The summed E-state index contributed by atoms with van der Waals surface area (Å²) in [4.78, 5) is 31.8. The fourth-order valence-corrected chi connectivity index (χ4v) is 3.22. The van der Waals surface area contributed by atoms with Crippen molar-refractivity contribution in [3.05, 3.63) is 57.6 Å². The van der Waals surface area contributed by atoms with E-state index >= 15 is 0 Å². The van der Waals surface area contributed by atoms with Gasteiger partial charge in [0, 0.05) is 38.0 Å². The highest BCUT2D eigenvalue weighted by atomic mass is 35.5. The number of aromatic nitrogens is 2. The van der Waals surface area contributed by atoms with Gasteiger partial charge in [-0.3, -0.25) is 14.5 Å².